The Morgan fingerprint density at radius 3 is 2.79 bits per heavy atom. The summed E-state index contributed by atoms with van der Waals surface area (Å²) in [6, 6.07) is 13.3. The van der Waals surface area contributed by atoms with Crippen LogP contribution in [0.5, 0.6) is 0 Å². The zero-order valence-corrected chi connectivity index (χ0v) is 16.8. The van der Waals surface area contributed by atoms with E-state index in [2.05, 4.69) is 15.3 Å². The lowest BCUT2D eigenvalue weighted by atomic mass is 10.0. The lowest BCUT2D eigenvalue weighted by molar-refractivity contribution is -0.131. The third-order valence-corrected chi connectivity index (χ3v) is 5.19. The Morgan fingerprint density at radius 1 is 1.32 bits per heavy atom. The number of anilines is 1. The maximum Gasteiger partial charge on any atom is 0.225 e. The number of aromatic amines is 1. The highest BCUT2D eigenvalue weighted by Gasteiger charge is 2.21. The van der Waals surface area contributed by atoms with Gasteiger partial charge in [-0.25, -0.2) is 4.98 Å². The van der Waals surface area contributed by atoms with Crippen molar-refractivity contribution in [3.63, 3.8) is 0 Å². The second-order valence-electron chi connectivity index (χ2n) is 6.71. The fourth-order valence-electron chi connectivity index (χ4n) is 3.15. The summed E-state index contributed by atoms with van der Waals surface area (Å²) in [5, 5.41) is 13.2. The summed E-state index contributed by atoms with van der Waals surface area (Å²) in [5.74, 6) is 0.558. The highest BCUT2D eigenvalue weighted by molar-refractivity contribution is 6.31. The number of aliphatic hydroxyl groups is 1. The van der Waals surface area contributed by atoms with E-state index in [9.17, 15) is 9.90 Å². The van der Waals surface area contributed by atoms with Gasteiger partial charge in [0, 0.05) is 18.1 Å². The summed E-state index contributed by atoms with van der Waals surface area (Å²) in [5.41, 5.74) is 3.67. The van der Waals surface area contributed by atoms with Crippen LogP contribution in [0.15, 0.2) is 42.5 Å². The zero-order valence-electron chi connectivity index (χ0n) is 16.1. The van der Waals surface area contributed by atoms with Crippen LogP contribution in [0.3, 0.4) is 0 Å². The first-order chi connectivity index (χ1) is 13.5. The molecule has 1 aromatic heterocycles. The van der Waals surface area contributed by atoms with E-state index in [1.165, 1.54) is 0 Å². The number of rotatable bonds is 8. The van der Waals surface area contributed by atoms with Crippen molar-refractivity contribution in [1.82, 2.24) is 14.9 Å². The maximum atomic E-state index is 12.8. The summed E-state index contributed by atoms with van der Waals surface area (Å²) >= 11 is 6.32. The number of halogens is 1. The van der Waals surface area contributed by atoms with Crippen molar-refractivity contribution in [1.29, 1.82) is 0 Å². The molecule has 7 heteroatoms. The van der Waals surface area contributed by atoms with Crippen molar-refractivity contribution in [3.8, 4) is 0 Å². The fourth-order valence-corrected chi connectivity index (χ4v) is 3.34. The van der Waals surface area contributed by atoms with E-state index in [1.54, 1.807) is 4.90 Å². The smallest absolute Gasteiger partial charge is 0.225 e. The van der Waals surface area contributed by atoms with Crippen molar-refractivity contribution in [3.05, 3.63) is 58.6 Å². The number of carbonyl (C=O) groups is 1. The third kappa shape index (κ3) is 4.64. The molecular weight excluding hydrogens is 376 g/mol. The predicted molar refractivity (Wildman–Crippen MR) is 113 cm³/mol. The van der Waals surface area contributed by atoms with Crippen LogP contribution < -0.4 is 5.32 Å². The van der Waals surface area contributed by atoms with E-state index >= 15 is 0 Å². The Labute approximate surface area is 169 Å². The van der Waals surface area contributed by atoms with Crippen molar-refractivity contribution in [2.24, 2.45) is 0 Å². The van der Waals surface area contributed by atoms with E-state index < -0.39 is 0 Å². The lowest BCUT2D eigenvalue weighted by Gasteiger charge is -2.24. The van der Waals surface area contributed by atoms with Gasteiger partial charge in [0.15, 0.2) is 0 Å². The molecule has 1 unspecified atom stereocenters. The molecule has 0 bridgehead atoms. The number of hydrogen-bond donors (Lipinski definition) is 3. The molecule has 148 valence electrons. The number of amides is 1. The summed E-state index contributed by atoms with van der Waals surface area (Å²) in [6.45, 7) is 4.65. The molecule has 1 atom stereocenters. The average Bonchev–Trinajstić information content (AvgIpc) is 3.10. The van der Waals surface area contributed by atoms with Crippen LogP contribution in [0.1, 0.15) is 30.5 Å². The van der Waals surface area contributed by atoms with Crippen LogP contribution in [0.2, 0.25) is 5.02 Å². The van der Waals surface area contributed by atoms with Crippen LogP contribution in [-0.2, 0) is 4.79 Å². The number of aryl methyl sites for hydroxylation is 1. The van der Waals surface area contributed by atoms with Crippen molar-refractivity contribution in [2.45, 2.75) is 26.3 Å². The van der Waals surface area contributed by atoms with Crippen LogP contribution in [0, 0.1) is 6.92 Å². The van der Waals surface area contributed by atoms with E-state index in [0.29, 0.717) is 24.1 Å². The van der Waals surface area contributed by atoms with Gasteiger partial charge in [-0.1, -0.05) is 35.9 Å². The Hall–Kier alpha value is -2.57. The molecule has 0 saturated carbocycles. The molecule has 1 heterocycles. The topological polar surface area (TPSA) is 81.2 Å². The van der Waals surface area contributed by atoms with Gasteiger partial charge in [-0.2, -0.15) is 0 Å². The van der Waals surface area contributed by atoms with E-state index in [0.717, 1.165) is 22.2 Å². The summed E-state index contributed by atoms with van der Waals surface area (Å²) in [4.78, 5) is 22.2. The summed E-state index contributed by atoms with van der Waals surface area (Å²) in [6.07, 6.45) is 0.226. The number of aliphatic hydroxyl groups excluding tert-OH is 1. The van der Waals surface area contributed by atoms with Crippen molar-refractivity contribution < 1.29 is 9.90 Å². The molecule has 3 aromatic rings. The van der Waals surface area contributed by atoms with Crippen LogP contribution in [-0.4, -0.2) is 45.6 Å². The first kappa shape index (κ1) is 20.2. The van der Waals surface area contributed by atoms with Gasteiger partial charge in [0.2, 0.25) is 11.9 Å². The van der Waals surface area contributed by atoms with Gasteiger partial charge in [0.1, 0.15) is 0 Å². The number of nitrogens with one attached hydrogen (secondary N) is 2. The van der Waals surface area contributed by atoms with E-state index in [4.69, 9.17) is 11.6 Å². The van der Waals surface area contributed by atoms with Crippen molar-refractivity contribution >= 4 is 34.5 Å². The van der Waals surface area contributed by atoms with Gasteiger partial charge in [-0.3, -0.25) is 4.79 Å². The number of carbonyl (C=O) groups excluding carboxylic acids is 1. The Kier molecular flexibility index (Phi) is 6.54. The minimum atomic E-state index is -0.307. The number of aromatic nitrogens is 2. The molecule has 6 nitrogen and oxygen atoms in total. The standard InChI is InChI=1S/C21H25ClN4O2/c1-3-26(10-11-27)20(28)13-19(15-9-8-14(2)16(22)12-15)25-21-23-17-6-4-5-7-18(17)24-21/h4-9,12,19,27H,3,10-11,13H2,1-2H3,(H2,23,24,25). The number of para-hydroxylation sites is 2. The first-order valence-electron chi connectivity index (χ1n) is 9.37. The largest absolute Gasteiger partial charge is 0.395 e. The Balaban J connectivity index is 1.88. The number of H-pyrrole nitrogens is 1. The second kappa shape index (κ2) is 9.08. The number of benzene rings is 2. The van der Waals surface area contributed by atoms with Gasteiger partial charge in [0.05, 0.1) is 30.1 Å². The molecule has 1 amide bonds. The fraction of sp³-hybridized carbons (Fsp3) is 0.333. The van der Waals surface area contributed by atoms with E-state index in [1.807, 2.05) is 56.3 Å². The minimum absolute atomic E-state index is 0.0399. The molecule has 0 aliphatic heterocycles. The number of imidazole rings is 1. The van der Waals surface area contributed by atoms with Gasteiger partial charge >= 0.3 is 0 Å². The van der Waals surface area contributed by atoms with Gasteiger partial charge in [-0.05, 0) is 43.2 Å². The molecule has 0 aliphatic carbocycles. The van der Waals surface area contributed by atoms with Gasteiger partial charge < -0.3 is 20.3 Å². The molecule has 0 spiro atoms. The SMILES string of the molecule is CCN(CCO)C(=O)CC(Nc1nc2ccccc2[nH]1)c1ccc(C)c(Cl)c1. The predicted octanol–water partition coefficient (Wildman–Crippen LogP) is 3.91. The van der Waals surface area contributed by atoms with Crippen LogP contribution >= 0.6 is 11.6 Å². The van der Waals surface area contributed by atoms with E-state index in [-0.39, 0.29) is 25.0 Å². The molecule has 0 radical (unpaired) electrons. The molecular formula is C21H25ClN4O2. The molecule has 0 fully saturated rings. The number of nitrogens with zero attached hydrogens (tertiary/aromatic N) is 2. The third-order valence-electron chi connectivity index (χ3n) is 4.78. The monoisotopic (exact) mass is 400 g/mol. The Bertz CT molecular complexity index is 923. The molecule has 3 N–H and O–H groups in total. The minimum Gasteiger partial charge on any atom is -0.395 e. The maximum absolute atomic E-state index is 12.8. The average molecular weight is 401 g/mol. The highest BCUT2D eigenvalue weighted by Crippen LogP contribution is 2.27. The molecule has 28 heavy (non-hydrogen) atoms. The van der Waals surface area contributed by atoms with Gasteiger partial charge in [0.25, 0.3) is 0 Å². The molecule has 2 aromatic carbocycles. The first-order valence-corrected chi connectivity index (χ1v) is 9.75. The quantitative estimate of drug-likeness (QED) is 0.535. The van der Waals surface area contributed by atoms with Crippen molar-refractivity contribution in [2.75, 3.05) is 25.0 Å². The van der Waals surface area contributed by atoms with Crippen LogP contribution in [0.25, 0.3) is 11.0 Å². The molecule has 0 saturated heterocycles. The van der Waals surface area contributed by atoms with Crippen LogP contribution in [0.4, 0.5) is 5.95 Å². The normalized spacial score (nSPS) is 12.1. The summed E-state index contributed by atoms with van der Waals surface area (Å²) in [7, 11) is 0. The lowest BCUT2D eigenvalue weighted by Crippen LogP contribution is -2.35. The highest BCUT2D eigenvalue weighted by atomic mass is 35.5. The number of likely N-dealkylation sites (N-methyl/N-ethyl adjacent to an activating group) is 1. The number of fused-ring (bicyclic) bond motifs is 1. The number of hydrogen-bond acceptors (Lipinski definition) is 4. The molecule has 3 rings (SSSR count). The van der Waals surface area contributed by atoms with Gasteiger partial charge in [-0.15, -0.1) is 0 Å². The second-order valence-corrected chi connectivity index (χ2v) is 7.12. The summed E-state index contributed by atoms with van der Waals surface area (Å²) < 4.78 is 0. The Morgan fingerprint density at radius 2 is 2.11 bits per heavy atom. The molecule has 0 aliphatic rings. The zero-order chi connectivity index (χ0) is 20.1.